The van der Waals surface area contributed by atoms with Crippen molar-refractivity contribution in [1.29, 1.82) is 0 Å². The summed E-state index contributed by atoms with van der Waals surface area (Å²) in [6.45, 7) is 0. The third-order valence-electron chi connectivity index (χ3n) is 5.82. The van der Waals surface area contributed by atoms with Crippen LogP contribution < -0.4 is 5.32 Å². The summed E-state index contributed by atoms with van der Waals surface area (Å²) in [5.74, 6) is 1.54. The molecule has 124 valence electrons. The van der Waals surface area contributed by atoms with Gasteiger partial charge < -0.3 is 10.4 Å². The van der Waals surface area contributed by atoms with Gasteiger partial charge in [0.25, 0.3) is 0 Å². The van der Waals surface area contributed by atoms with Gasteiger partial charge in [0, 0.05) is 18.0 Å². The van der Waals surface area contributed by atoms with Crippen LogP contribution in [0.15, 0.2) is 28.9 Å². The molecule has 4 rings (SSSR count). The Morgan fingerprint density at radius 2 is 2.17 bits per heavy atom. The zero-order valence-corrected chi connectivity index (χ0v) is 14.1. The van der Waals surface area contributed by atoms with Crippen molar-refractivity contribution in [3.63, 3.8) is 0 Å². The maximum Gasteiger partial charge on any atom is 0.224 e. The average molecular weight is 332 g/mol. The van der Waals surface area contributed by atoms with E-state index >= 15 is 0 Å². The molecule has 1 spiro atoms. The second-order valence-corrected chi connectivity index (χ2v) is 8.51. The number of aliphatic imine (C=N–C) groups is 1. The van der Waals surface area contributed by atoms with Crippen LogP contribution in [0.3, 0.4) is 0 Å². The Morgan fingerprint density at radius 3 is 3.00 bits per heavy atom. The minimum Gasteiger partial charge on any atom is -0.393 e. The van der Waals surface area contributed by atoms with E-state index in [9.17, 15) is 9.90 Å². The molecule has 0 aromatic carbocycles. The van der Waals surface area contributed by atoms with Gasteiger partial charge in [-0.1, -0.05) is 12.2 Å². The summed E-state index contributed by atoms with van der Waals surface area (Å²) >= 11 is 1.92. The normalized spacial score (nSPS) is 41.9. The van der Waals surface area contributed by atoms with Crippen LogP contribution in [-0.2, 0) is 4.79 Å². The van der Waals surface area contributed by atoms with Crippen LogP contribution in [0, 0.1) is 11.8 Å². The van der Waals surface area contributed by atoms with E-state index in [-0.39, 0.29) is 28.7 Å². The van der Waals surface area contributed by atoms with Crippen LogP contribution in [-0.4, -0.2) is 39.9 Å². The second-order valence-electron chi connectivity index (χ2n) is 7.16. The number of amides is 1. The van der Waals surface area contributed by atoms with Gasteiger partial charge in [-0.15, -0.1) is 11.8 Å². The maximum atomic E-state index is 12.9. The van der Waals surface area contributed by atoms with E-state index < -0.39 is 0 Å². The molecule has 0 aromatic rings. The highest BCUT2D eigenvalue weighted by Crippen LogP contribution is 2.57. The molecule has 1 unspecified atom stereocenters. The van der Waals surface area contributed by atoms with Crippen LogP contribution >= 0.6 is 11.8 Å². The monoisotopic (exact) mass is 332 g/mol. The van der Waals surface area contributed by atoms with E-state index in [1.807, 2.05) is 18.0 Å². The lowest BCUT2D eigenvalue weighted by Gasteiger charge is -2.39. The summed E-state index contributed by atoms with van der Waals surface area (Å²) in [6, 6.07) is 0.242. The molecule has 1 saturated carbocycles. The number of nitrogens with zero attached hydrogens (tertiary/aromatic N) is 1. The highest BCUT2D eigenvalue weighted by atomic mass is 32.2. The average Bonchev–Trinajstić information content (AvgIpc) is 2.95. The molecule has 1 amide bonds. The Balaban J connectivity index is 1.46. The molecule has 0 radical (unpaired) electrons. The summed E-state index contributed by atoms with van der Waals surface area (Å²) in [7, 11) is 0. The number of hydrogen-bond donors (Lipinski definition) is 2. The summed E-state index contributed by atoms with van der Waals surface area (Å²) in [5, 5.41) is 12.9. The van der Waals surface area contributed by atoms with Gasteiger partial charge >= 0.3 is 0 Å². The van der Waals surface area contributed by atoms with E-state index in [4.69, 9.17) is 0 Å². The van der Waals surface area contributed by atoms with Gasteiger partial charge in [0.2, 0.25) is 5.91 Å². The Hall–Kier alpha value is -1.07. The summed E-state index contributed by atoms with van der Waals surface area (Å²) in [4.78, 5) is 17.5. The van der Waals surface area contributed by atoms with E-state index in [0.29, 0.717) is 5.92 Å². The first-order valence-corrected chi connectivity index (χ1v) is 9.70. The number of aliphatic hydroxyl groups is 1. The molecular formula is C18H24N2O2S. The standard InChI is InChI=1S/C18H24N2O2S/c21-13-6-4-12(5-7-13)20-17(22)14-11-23-18-9-2-1-3-16(18)19-10-8-15(14)18/h1-3,10,12-15,21H,4-9,11H2,(H,20,22)/t12?,13?,14?,15-,18+/m0/s1. The van der Waals surface area contributed by atoms with Crippen molar-refractivity contribution < 1.29 is 9.90 Å². The quantitative estimate of drug-likeness (QED) is 0.816. The fourth-order valence-corrected chi connectivity index (χ4v) is 6.29. The lowest BCUT2D eigenvalue weighted by atomic mass is 9.73. The van der Waals surface area contributed by atoms with Crippen molar-refractivity contribution in [2.45, 2.75) is 55.4 Å². The van der Waals surface area contributed by atoms with E-state index in [0.717, 1.165) is 50.0 Å². The van der Waals surface area contributed by atoms with Gasteiger partial charge in [-0.05, 0) is 50.5 Å². The van der Waals surface area contributed by atoms with Crippen LogP contribution in [0.5, 0.6) is 0 Å². The lowest BCUT2D eigenvalue weighted by Crippen LogP contribution is -2.46. The molecular weight excluding hydrogens is 308 g/mol. The maximum absolute atomic E-state index is 12.9. The summed E-state index contributed by atoms with van der Waals surface area (Å²) < 4.78 is 0.0221. The zero-order valence-electron chi connectivity index (χ0n) is 13.3. The first kappa shape index (κ1) is 15.5. The predicted molar refractivity (Wildman–Crippen MR) is 93.5 cm³/mol. The van der Waals surface area contributed by atoms with Crippen LogP contribution in [0.4, 0.5) is 0 Å². The fourth-order valence-electron chi connectivity index (χ4n) is 4.47. The fraction of sp³-hybridized carbons (Fsp3) is 0.667. The van der Waals surface area contributed by atoms with Crippen molar-refractivity contribution in [2.24, 2.45) is 16.8 Å². The highest BCUT2D eigenvalue weighted by Gasteiger charge is 2.54. The van der Waals surface area contributed by atoms with Gasteiger partial charge in [-0.2, -0.15) is 0 Å². The molecule has 2 fully saturated rings. The second kappa shape index (κ2) is 6.10. The molecule has 2 N–H and O–H groups in total. The molecule has 2 aliphatic carbocycles. The number of allylic oxidation sites excluding steroid dienone is 3. The number of carbonyl (C=O) groups excluding carboxylic acids is 1. The van der Waals surface area contributed by atoms with Gasteiger partial charge in [0.05, 0.1) is 22.5 Å². The Kier molecular flexibility index (Phi) is 4.10. The lowest BCUT2D eigenvalue weighted by molar-refractivity contribution is -0.127. The first-order chi connectivity index (χ1) is 11.2. The van der Waals surface area contributed by atoms with E-state index in [1.54, 1.807) is 0 Å². The number of carbonyl (C=O) groups is 1. The number of aliphatic hydroxyl groups excluding tert-OH is 1. The molecule has 1 saturated heterocycles. The molecule has 0 aromatic heterocycles. The molecule has 5 heteroatoms. The van der Waals surface area contributed by atoms with Crippen molar-refractivity contribution in [3.05, 3.63) is 23.9 Å². The number of thioether (sulfide) groups is 1. The smallest absolute Gasteiger partial charge is 0.224 e. The molecule has 2 aliphatic heterocycles. The minimum atomic E-state index is -0.176. The Bertz CT molecular complexity index is 578. The minimum absolute atomic E-state index is 0.0221. The predicted octanol–water partition coefficient (Wildman–Crippen LogP) is 2.44. The number of hydrogen-bond acceptors (Lipinski definition) is 4. The van der Waals surface area contributed by atoms with Gasteiger partial charge in [0.15, 0.2) is 0 Å². The van der Waals surface area contributed by atoms with Crippen molar-refractivity contribution >= 4 is 23.9 Å². The largest absolute Gasteiger partial charge is 0.393 e. The van der Waals surface area contributed by atoms with Gasteiger partial charge in [-0.3, -0.25) is 9.79 Å². The molecule has 2 heterocycles. The van der Waals surface area contributed by atoms with E-state index in [2.05, 4.69) is 28.5 Å². The first-order valence-electron chi connectivity index (χ1n) is 8.71. The van der Waals surface area contributed by atoms with Gasteiger partial charge in [0.1, 0.15) is 0 Å². The Labute approximate surface area is 141 Å². The van der Waals surface area contributed by atoms with Crippen molar-refractivity contribution in [1.82, 2.24) is 5.32 Å². The molecule has 3 atom stereocenters. The number of nitrogens with one attached hydrogen (secondary N) is 1. The highest BCUT2D eigenvalue weighted by molar-refractivity contribution is 8.01. The molecule has 4 nitrogen and oxygen atoms in total. The van der Waals surface area contributed by atoms with Gasteiger partial charge in [-0.25, -0.2) is 0 Å². The van der Waals surface area contributed by atoms with Crippen LogP contribution in [0.2, 0.25) is 0 Å². The molecule has 0 bridgehead atoms. The van der Waals surface area contributed by atoms with Crippen molar-refractivity contribution in [2.75, 3.05) is 5.75 Å². The summed E-state index contributed by atoms with van der Waals surface area (Å²) in [5.41, 5.74) is 1.15. The number of rotatable bonds is 2. The molecule has 4 aliphatic rings. The topological polar surface area (TPSA) is 61.7 Å². The zero-order chi connectivity index (χ0) is 15.9. The summed E-state index contributed by atoms with van der Waals surface area (Å²) in [6.07, 6.45) is 13.5. The third-order valence-corrected chi connectivity index (χ3v) is 7.54. The van der Waals surface area contributed by atoms with Crippen LogP contribution in [0.1, 0.15) is 38.5 Å². The third kappa shape index (κ3) is 2.68. The SMILES string of the molecule is O=C(NC1CCC(O)CC1)C1CS[C@@]23CC=CC=C2N=CC[C@@H]13. The molecule has 23 heavy (non-hydrogen) atoms. The van der Waals surface area contributed by atoms with Crippen molar-refractivity contribution in [3.8, 4) is 0 Å². The van der Waals surface area contributed by atoms with Crippen LogP contribution in [0.25, 0.3) is 0 Å². The van der Waals surface area contributed by atoms with E-state index in [1.165, 1.54) is 0 Å². The Morgan fingerprint density at radius 1 is 1.35 bits per heavy atom.